The molecule has 4 aliphatic rings. The molecule has 4 saturated carbocycles. The Labute approximate surface area is 197 Å². The topological polar surface area (TPSA) is 50.1 Å². The molecular formula is C29H47NO2. The number of carbonyl (C=O) groups excluding carboxylic acids is 1. The van der Waals surface area contributed by atoms with Crippen molar-refractivity contribution in [3.05, 3.63) is 0 Å². The van der Waals surface area contributed by atoms with Crippen LogP contribution >= 0.6 is 0 Å². The van der Waals surface area contributed by atoms with Crippen LogP contribution in [0.25, 0.3) is 0 Å². The standard InChI is InChI=1S/C29H47NO2/c1-8-21-24-15-17(2)11-13-28(24,6)26-19(4)16-29(7)22(18(3)12-14-30)9-10-23(29)25(26)27(21)32-20(5)31/h17-19,21-27H,8-13,15-16H2,1-7H3/t17-,18-,19+,21-,22-,23?,24+,25?,26?,27-,28+,29-/m1/s1. The lowest BCUT2D eigenvalue weighted by atomic mass is 9.39. The molecule has 0 radical (unpaired) electrons. The van der Waals surface area contributed by atoms with Gasteiger partial charge in [-0.25, -0.2) is 0 Å². The minimum Gasteiger partial charge on any atom is -0.462 e. The van der Waals surface area contributed by atoms with Gasteiger partial charge in [0.1, 0.15) is 6.10 Å². The smallest absolute Gasteiger partial charge is 0.302 e. The molecular weight excluding hydrogens is 394 g/mol. The number of carbonyl (C=O) groups is 1. The molecule has 0 N–H and O–H groups in total. The van der Waals surface area contributed by atoms with Crippen molar-refractivity contribution in [3.8, 4) is 6.07 Å². The molecule has 0 aromatic heterocycles. The van der Waals surface area contributed by atoms with Gasteiger partial charge < -0.3 is 4.74 Å². The molecule has 0 bridgehead atoms. The van der Waals surface area contributed by atoms with Crippen molar-refractivity contribution in [1.82, 2.24) is 0 Å². The molecule has 32 heavy (non-hydrogen) atoms. The zero-order valence-corrected chi connectivity index (χ0v) is 21.7. The van der Waals surface area contributed by atoms with Crippen molar-refractivity contribution in [2.24, 2.45) is 64.1 Å². The van der Waals surface area contributed by atoms with Crippen LogP contribution in [0.1, 0.15) is 99.8 Å². The number of hydrogen-bond donors (Lipinski definition) is 0. The van der Waals surface area contributed by atoms with E-state index in [0.29, 0.717) is 59.2 Å². The third kappa shape index (κ3) is 3.54. The highest BCUT2D eigenvalue weighted by atomic mass is 16.5. The third-order valence-corrected chi connectivity index (χ3v) is 11.4. The predicted molar refractivity (Wildman–Crippen MR) is 128 cm³/mol. The van der Waals surface area contributed by atoms with Crippen molar-refractivity contribution in [2.45, 2.75) is 106 Å². The molecule has 12 atom stereocenters. The molecule has 0 aliphatic heterocycles. The molecule has 180 valence electrons. The number of esters is 1. The van der Waals surface area contributed by atoms with Crippen LogP contribution in [0.5, 0.6) is 0 Å². The van der Waals surface area contributed by atoms with E-state index >= 15 is 0 Å². The Kier molecular flexibility index (Phi) is 6.50. The Morgan fingerprint density at radius 3 is 2.50 bits per heavy atom. The molecule has 3 nitrogen and oxygen atoms in total. The molecule has 0 amide bonds. The molecule has 0 heterocycles. The first-order valence-electron chi connectivity index (χ1n) is 13.6. The fourth-order valence-corrected chi connectivity index (χ4v) is 10.5. The fraction of sp³-hybridized carbons (Fsp3) is 0.931. The first kappa shape index (κ1) is 24.1. The maximum Gasteiger partial charge on any atom is 0.302 e. The Morgan fingerprint density at radius 1 is 1.16 bits per heavy atom. The first-order valence-corrected chi connectivity index (χ1v) is 13.6. The average molecular weight is 442 g/mol. The van der Waals surface area contributed by atoms with E-state index in [1.165, 1.54) is 38.5 Å². The fourth-order valence-electron chi connectivity index (χ4n) is 10.5. The molecule has 4 rings (SSSR count). The van der Waals surface area contributed by atoms with E-state index in [0.717, 1.165) is 12.3 Å². The summed E-state index contributed by atoms with van der Waals surface area (Å²) in [7, 11) is 0. The molecule has 0 spiro atoms. The van der Waals surface area contributed by atoms with Gasteiger partial charge in [-0.2, -0.15) is 5.26 Å². The van der Waals surface area contributed by atoms with Crippen LogP contribution in [0, 0.1) is 75.4 Å². The highest BCUT2D eigenvalue weighted by Gasteiger charge is 2.67. The second-order valence-electron chi connectivity index (χ2n) is 13.1. The van der Waals surface area contributed by atoms with E-state index in [-0.39, 0.29) is 17.5 Å². The molecule has 3 heteroatoms. The summed E-state index contributed by atoms with van der Waals surface area (Å²) in [4.78, 5) is 12.4. The monoisotopic (exact) mass is 441 g/mol. The van der Waals surface area contributed by atoms with Crippen LogP contribution in [0.15, 0.2) is 0 Å². The minimum atomic E-state index is -0.0908. The van der Waals surface area contributed by atoms with Crippen LogP contribution < -0.4 is 0 Å². The molecule has 0 saturated heterocycles. The van der Waals surface area contributed by atoms with Gasteiger partial charge in [0, 0.05) is 19.3 Å². The molecule has 0 aromatic carbocycles. The van der Waals surface area contributed by atoms with E-state index in [1.54, 1.807) is 6.92 Å². The summed E-state index contributed by atoms with van der Waals surface area (Å²) >= 11 is 0. The van der Waals surface area contributed by atoms with Crippen LogP contribution in [0.4, 0.5) is 0 Å². The van der Waals surface area contributed by atoms with Crippen molar-refractivity contribution in [1.29, 1.82) is 5.26 Å². The molecule has 4 aliphatic carbocycles. The van der Waals surface area contributed by atoms with Crippen molar-refractivity contribution < 1.29 is 9.53 Å². The van der Waals surface area contributed by atoms with Crippen LogP contribution in [-0.4, -0.2) is 12.1 Å². The number of nitrogens with zero attached hydrogens (tertiary/aromatic N) is 1. The van der Waals surface area contributed by atoms with E-state index in [2.05, 4.69) is 47.6 Å². The molecule has 0 aromatic rings. The van der Waals surface area contributed by atoms with Crippen LogP contribution in [0.3, 0.4) is 0 Å². The lowest BCUT2D eigenvalue weighted by Crippen LogP contribution is -2.64. The van der Waals surface area contributed by atoms with Gasteiger partial charge >= 0.3 is 5.97 Å². The summed E-state index contributed by atoms with van der Waals surface area (Å²) in [6.45, 7) is 16.4. The van der Waals surface area contributed by atoms with Gasteiger partial charge in [-0.3, -0.25) is 4.79 Å². The van der Waals surface area contributed by atoms with Gasteiger partial charge in [-0.05, 0) is 96.7 Å². The van der Waals surface area contributed by atoms with Crippen molar-refractivity contribution >= 4 is 5.97 Å². The summed E-state index contributed by atoms with van der Waals surface area (Å²) in [5.74, 6) is 5.30. The first-order chi connectivity index (χ1) is 15.1. The molecule has 3 unspecified atom stereocenters. The summed E-state index contributed by atoms with van der Waals surface area (Å²) in [6.07, 6.45) is 9.60. The van der Waals surface area contributed by atoms with E-state index in [9.17, 15) is 10.1 Å². The van der Waals surface area contributed by atoms with E-state index in [1.807, 2.05) is 0 Å². The third-order valence-electron chi connectivity index (χ3n) is 11.4. The second kappa shape index (κ2) is 8.63. The predicted octanol–water partition coefficient (Wildman–Crippen LogP) is 7.25. The Bertz CT molecular complexity index is 757. The maximum absolute atomic E-state index is 12.4. The van der Waals surface area contributed by atoms with Gasteiger partial charge in [0.25, 0.3) is 0 Å². The average Bonchev–Trinajstić information content (AvgIpc) is 3.05. The summed E-state index contributed by atoms with van der Waals surface area (Å²) in [5, 5.41) is 9.40. The number of hydrogen-bond acceptors (Lipinski definition) is 3. The number of nitriles is 1. The Morgan fingerprint density at radius 2 is 1.88 bits per heavy atom. The van der Waals surface area contributed by atoms with Crippen molar-refractivity contribution in [2.75, 3.05) is 0 Å². The van der Waals surface area contributed by atoms with Gasteiger partial charge in [-0.1, -0.05) is 48.0 Å². The lowest BCUT2D eigenvalue weighted by molar-refractivity contribution is -0.226. The van der Waals surface area contributed by atoms with Crippen LogP contribution in [-0.2, 0) is 9.53 Å². The van der Waals surface area contributed by atoms with Crippen LogP contribution in [0.2, 0.25) is 0 Å². The maximum atomic E-state index is 12.4. The highest BCUT2D eigenvalue weighted by molar-refractivity contribution is 5.66. The van der Waals surface area contributed by atoms with Gasteiger partial charge in [-0.15, -0.1) is 0 Å². The number of ether oxygens (including phenoxy) is 1. The quantitative estimate of drug-likeness (QED) is 0.431. The normalized spacial score (nSPS) is 51.0. The number of rotatable bonds is 4. The van der Waals surface area contributed by atoms with Gasteiger partial charge in [0.05, 0.1) is 6.07 Å². The summed E-state index contributed by atoms with van der Waals surface area (Å²) in [6, 6.07) is 2.45. The number of fused-ring (bicyclic) bond motifs is 5. The largest absolute Gasteiger partial charge is 0.462 e. The SMILES string of the molecule is CC[C@H]1[C@@H](OC(C)=O)C2C3CC[C@H]([C@H](C)CC#N)[C@@]3(C)C[C@H](C)C2[C@@]2(C)CC[C@@H](C)C[C@@H]12. The summed E-state index contributed by atoms with van der Waals surface area (Å²) in [5.41, 5.74) is 0.629. The van der Waals surface area contributed by atoms with Gasteiger partial charge in [0.2, 0.25) is 0 Å². The Hall–Kier alpha value is -1.04. The summed E-state index contributed by atoms with van der Waals surface area (Å²) < 4.78 is 6.35. The van der Waals surface area contributed by atoms with E-state index in [4.69, 9.17) is 4.74 Å². The zero-order valence-electron chi connectivity index (χ0n) is 21.7. The van der Waals surface area contributed by atoms with Crippen molar-refractivity contribution in [3.63, 3.8) is 0 Å². The zero-order chi connectivity index (χ0) is 23.4. The lowest BCUT2D eigenvalue weighted by Gasteiger charge is -2.67. The molecule has 4 fully saturated rings. The van der Waals surface area contributed by atoms with E-state index < -0.39 is 0 Å². The highest BCUT2D eigenvalue weighted by Crippen LogP contribution is 2.71. The Balaban J connectivity index is 1.79. The van der Waals surface area contributed by atoms with Gasteiger partial charge in [0.15, 0.2) is 0 Å². The minimum absolute atomic E-state index is 0.0722. The second-order valence-corrected chi connectivity index (χ2v) is 13.1.